The Morgan fingerprint density at radius 3 is 2.77 bits per heavy atom. The lowest BCUT2D eigenvalue weighted by molar-refractivity contribution is -0.117. The van der Waals surface area contributed by atoms with Crippen molar-refractivity contribution in [3.05, 3.63) is 59.2 Å². The van der Waals surface area contributed by atoms with Crippen LogP contribution in [0.4, 0.5) is 5.13 Å². The largest absolute Gasteiger partial charge is 0.464 e. The molecule has 1 atom stereocenters. The van der Waals surface area contributed by atoms with Crippen LogP contribution in [0.3, 0.4) is 0 Å². The van der Waals surface area contributed by atoms with E-state index in [9.17, 15) is 9.59 Å². The first-order valence-electron chi connectivity index (χ1n) is 8.20. The molecular formula is C19H19N3O3S. The van der Waals surface area contributed by atoms with Crippen molar-refractivity contribution in [3.8, 4) is 11.3 Å². The van der Waals surface area contributed by atoms with E-state index in [1.54, 1.807) is 12.3 Å². The molecule has 3 aromatic rings. The number of aromatic nitrogens is 2. The molecule has 1 amide bonds. The van der Waals surface area contributed by atoms with Crippen molar-refractivity contribution in [2.45, 2.75) is 19.3 Å². The van der Waals surface area contributed by atoms with Gasteiger partial charge in [-0.25, -0.2) is 9.78 Å². The van der Waals surface area contributed by atoms with Gasteiger partial charge in [-0.15, -0.1) is 11.3 Å². The summed E-state index contributed by atoms with van der Waals surface area (Å²) in [7, 11) is 1.33. The van der Waals surface area contributed by atoms with E-state index in [1.807, 2.05) is 42.6 Å². The normalized spacial score (nSPS) is 11.8. The molecule has 0 saturated carbocycles. The summed E-state index contributed by atoms with van der Waals surface area (Å²) in [6.45, 7) is 1.98. The Kier molecular flexibility index (Phi) is 5.48. The van der Waals surface area contributed by atoms with Gasteiger partial charge in [-0.1, -0.05) is 37.3 Å². The molecule has 134 valence electrons. The van der Waals surface area contributed by atoms with Gasteiger partial charge in [0.1, 0.15) is 5.69 Å². The van der Waals surface area contributed by atoms with Crippen molar-refractivity contribution in [3.63, 3.8) is 0 Å². The van der Waals surface area contributed by atoms with Crippen molar-refractivity contribution >= 4 is 28.3 Å². The average Bonchev–Trinajstić information content (AvgIpc) is 3.32. The Bertz CT molecular complexity index is 902. The molecular weight excluding hydrogens is 350 g/mol. The molecule has 2 heterocycles. The highest BCUT2D eigenvalue weighted by Crippen LogP contribution is 2.27. The summed E-state index contributed by atoms with van der Waals surface area (Å²) >= 11 is 1.35. The topological polar surface area (TPSA) is 84.1 Å². The van der Waals surface area contributed by atoms with Crippen LogP contribution in [-0.2, 0) is 9.53 Å². The lowest BCUT2D eigenvalue weighted by atomic mass is 9.96. The minimum Gasteiger partial charge on any atom is -0.464 e. The number of benzene rings is 1. The third kappa shape index (κ3) is 3.83. The quantitative estimate of drug-likeness (QED) is 0.642. The standard InChI is InChI=1S/C19H19N3O3S/c1-3-14(12-7-5-4-6-8-12)17(23)22-19-21-16(11-26-19)13-9-15(20-10-13)18(24)25-2/h4-11,14,20H,3H2,1-2H3,(H,21,22,23). The second-order valence-electron chi connectivity index (χ2n) is 5.69. The minimum atomic E-state index is -0.436. The fraction of sp³-hybridized carbons (Fsp3) is 0.211. The van der Waals surface area contributed by atoms with Crippen LogP contribution in [0.5, 0.6) is 0 Å². The first-order valence-corrected chi connectivity index (χ1v) is 9.08. The minimum absolute atomic E-state index is 0.0797. The Labute approximate surface area is 155 Å². The van der Waals surface area contributed by atoms with Crippen molar-refractivity contribution in [2.24, 2.45) is 0 Å². The van der Waals surface area contributed by atoms with Crippen LogP contribution >= 0.6 is 11.3 Å². The molecule has 0 spiro atoms. The van der Waals surface area contributed by atoms with E-state index in [0.717, 1.165) is 11.1 Å². The zero-order valence-electron chi connectivity index (χ0n) is 14.5. The van der Waals surface area contributed by atoms with Crippen LogP contribution in [-0.4, -0.2) is 29.0 Å². The smallest absolute Gasteiger partial charge is 0.354 e. The number of methoxy groups -OCH3 is 1. The van der Waals surface area contributed by atoms with E-state index < -0.39 is 5.97 Å². The number of H-pyrrole nitrogens is 1. The zero-order chi connectivity index (χ0) is 18.5. The predicted molar refractivity (Wildman–Crippen MR) is 101 cm³/mol. The summed E-state index contributed by atoms with van der Waals surface area (Å²) in [5.74, 6) is -0.737. The number of rotatable bonds is 6. The molecule has 0 aliphatic heterocycles. The van der Waals surface area contributed by atoms with E-state index in [2.05, 4.69) is 20.0 Å². The number of amides is 1. The van der Waals surface area contributed by atoms with E-state index in [1.165, 1.54) is 18.4 Å². The molecule has 1 aromatic carbocycles. The van der Waals surface area contributed by atoms with Gasteiger partial charge in [0.15, 0.2) is 5.13 Å². The average molecular weight is 369 g/mol. The summed E-state index contributed by atoms with van der Waals surface area (Å²) in [6, 6.07) is 11.4. The van der Waals surface area contributed by atoms with Crippen LogP contribution < -0.4 is 5.32 Å². The van der Waals surface area contributed by atoms with Gasteiger partial charge in [0, 0.05) is 17.1 Å². The van der Waals surface area contributed by atoms with E-state index >= 15 is 0 Å². The highest BCUT2D eigenvalue weighted by Gasteiger charge is 2.20. The van der Waals surface area contributed by atoms with Gasteiger partial charge >= 0.3 is 5.97 Å². The highest BCUT2D eigenvalue weighted by atomic mass is 32.1. The number of ether oxygens (including phenoxy) is 1. The molecule has 2 N–H and O–H groups in total. The Morgan fingerprint density at radius 2 is 2.08 bits per heavy atom. The van der Waals surface area contributed by atoms with Crippen LogP contribution in [0.15, 0.2) is 48.0 Å². The van der Waals surface area contributed by atoms with Crippen molar-refractivity contribution < 1.29 is 14.3 Å². The highest BCUT2D eigenvalue weighted by molar-refractivity contribution is 7.14. The number of hydrogen-bond acceptors (Lipinski definition) is 5. The summed E-state index contributed by atoms with van der Waals surface area (Å²) < 4.78 is 4.68. The number of esters is 1. The SMILES string of the molecule is CCC(C(=O)Nc1nc(-c2c[nH]c(C(=O)OC)c2)cs1)c1ccccc1. The molecule has 0 saturated heterocycles. The Morgan fingerprint density at radius 1 is 1.31 bits per heavy atom. The first kappa shape index (κ1) is 17.9. The summed E-state index contributed by atoms with van der Waals surface area (Å²) in [5.41, 5.74) is 2.79. The van der Waals surface area contributed by atoms with Crippen molar-refractivity contribution in [1.82, 2.24) is 9.97 Å². The Balaban J connectivity index is 1.72. The summed E-state index contributed by atoms with van der Waals surface area (Å²) in [5, 5.41) is 5.25. The maximum Gasteiger partial charge on any atom is 0.354 e. The number of carbonyl (C=O) groups is 2. The molecule has 3 rings (SSSR count). The van der Waals surface area contributed by atoms with Crippen LogP contribution in [0.2, 0.25) is 0 Å². The second-order valence-corrected chi connectivity index (χ2v) is 6.55. The van der Waals surface area contributed by atoms with Gasteiger partial charge in [-0.3, -0.25) is 4.79 Å². The van der Waals surface area contributed by atoms with Crippen molar-refractivity contribution in [2.75, 3.05) is 12.4 Å². The fourth-order valence-corrected chi connectivity index (χ4v) is 3.41. The number of hydrogen-bond donors (Lipinski definition) is 2. The van der Waals surface area contributed by atoms with Gasteiger partial charge in [0.25, 0.3) is 0 Å². The summed E-state index contributed by atoms with van der Waals surface area (Å²) in [4.78, 5) is 31.4. The van der Waals surface area contributed by atoms with Crippen molar-refractivity contribution in [1.29, 1.82) is 0 Å². The van der Waals surface area contributed by atoms with Gasteiger partial charge in [-0.2, -0.15) is 0 Å². The Hall–Kier alpha value is -2.93. The molecule has 0 radical (unpaired) electrons. The molecule has 0 aliphatic rings. The predicted octanol–water partition coefficient (Wildman–Crippen LogP) is 4.06. The molecule has 2 aromatic heterocycles. The van der Waals surface area contributed by atoms with Gasteiger partial charge in [0.2, 0.25) is 5.91 Å². The number of carbonyl (C=O) groups excluding carboxylic acids is 2. The van der Waals surface area contributed by atoms with Gasteiger partial charge in [-0.05, 0) is 18.1 Å². The lowest BCUT2D eigenvalue weighted by Gasteiger charge is -2.14. The second kappa shape index (κ2) is 7.97. The number of anilines is 1. The molecule has 0 aliphatic carbocycles. The van der Waals surface area contributed by atoms with Gasteiger partial charge < -0.3 is 15.0 Å². The zero-order valence-corrected chi connectivity index (χ0v) is 15.3. The maximum absolute atomic E-state index is 12.6. The molecule has 1 unspecified atom stereocenters. The number of aromatic amines is 1. The van der Waals surface area contributed by atoms with E-state index in [4.69, 9.17) is 0 Å². The maximum atomic E-state index is 12.6. The van der Waals surface area contributed by atoms with Gasteiger partial charge in [0.05, 0.1) is 18.7 Å². The fourth-order valence-electron chi connectivity index (χ4n) is 2.68. The lowest BCUT2D eigenvalue weighted by Crippen LogP contribution is -2.20. The van der Waals surface area contributed by atoms with Crippen LogP contribution in [0, 0.1) is 0 Å². The number of thiazole rings is 1. The number of nitrogens with zero attached hydrogens (tertiary/aromatic N) is 1. The molecule has 6 nitrogen and oxygen atoms in total. The monoisotopic (exact) mass is 369 g/mol. The third-order valence-electron chi connectivity index (χ3n) is 4.05. The number of nitrogens with one attached hydrogen (secondary N) is 2. The molecule has 7 heteroatoms. The first-order chi connectivity index (χ1) is 12.6. The molecule has 0 fully saturated rings. The van der Waals surface area contributed by atoms with E-state index in [0.29, 0.717) is 22.9 Å². The van der Waals surface area contributed by atoms with E-state index in [-0.39, 0.29) is 11.8 Å². The van der Waals surface area contributed by atoms with Crippen LogP contribution in [0.1, 0.15) is 35.3 Å². The summed E-state index contributed by atoms with van der Waals surface area (Å²) in [6.07, 6.45) is 2.39. The van der Waals surface area contributed by atoms with Crippen LogP contribution in [0.25, 0.3) is 11.3 Å². The molecule has 26 heavy (non-hydrogen) atoms. The third-order valence-corrected chi connectivity index (χ3v) is 4.80. The molecule has 0 bridgehead atoms.